The molecule has 146 valence electrons. The number of aromatic nitrogens is 1. The van der Waals surface area contributed by atoms with E-state index in [0.29, 0.717) is 0 Å². The minimum absolute atomic E-state index is 0.0241. The third kappa shape index (κ3) is 4.81. The number of aryl methyl sites for hydroxylation is 1. The summed E-state index contributed by atoms with van der Waals surface area (Å²) in [4.78, 5) is 22.1. The number of esters is 1. The summed E-state index contributed by atoms with van der Waals surface area (Å²) in [6.07, 6.45) is 5.78. The molecule has 6 heteroatoms. The number of para-hydroxylation sites is 1. The molecule has 0 spiro atoms. The van der Waals surface area contributed by atoms with Crippen molar-refractivity contribution in [2.24, 2.45) is 10.9 Å². The fourth-order valence-corrected chi connectivity index (χ4v) is 3.71. The molecule has 1 fully saturated rings. The van der Waals surface area contributed by atoms with Crippen LogP contribution in [0.2, 0.25) is 0 Å². The largest absolute Gasteiger partial charge is 0.469 e. The molecule has 1 aromatic carbocycles. The van der Waals surface area contributed by atoms with Gasteiger partial charge in [0.05, 0.1) is 13.0 Å². The number of fused-ring (bicyclic) bond motifs is 1. The van der Waals surface area contributed by atoms with Gasteiger partial charge in [-0.25, -0.2) is 0 Å². The smallest absolute Gasteiger partial charge is 0.308 e. The molecular formula is C21H30N4O2. The second-order valence-electron chi connectivity index (χ2n) is 6.98. The first-order chi connectivity index (χ1) is 13.2. The Morgan fingerprint density at radius 1 is 1.33 bits per heavy atom. The number of ether oxygens (including phenoxy) is 1. The van der Waals surface area contributed by atoms with E-state index in [1.807, 2.05) is 0 Å². The molecule has 0 aliphatic carbocycles. The van der Waals surface area contributed by atoms with Gasteiger partial charge in [0, 0.05) is 43.3 Å². The number of aromatic amines is 1. The number of hydrogen-bond acceptors (Lipinski definition) is 3. The van der Waals surface area contributed by atoms with E-state index >= 15 is 0 Å². The number of nitrogens with zero attached hydrogens (tertiary/aromatic N) is 2. The molecule has 27 heavy (non-hydrogen) atoms. The number of guanidine groups is 1. The molecule has 1 aliphatic rings. The number of methoxy groups -OCH3 is 1. The minimum atomic E-state index is -0.0877. The van der Waals surface area contributed by atoms with Gasteiger partial charge >= 0.3 is 5.97 Å². The first-order valence-corrected chi connectivity index (χ1v) is 9.89. The number of piperidine rings is 1. The third-order valence-corrected chi connectivity index (χ3v) is 5.20. The summed E-state index contributed by atoms with van der Waals surface area (Å²) in [6.45, 7) is 5.40. The molecule has 2 N–H and O–H groups in total. The summed E-state index contributed by atoms with van der Waals surface area (Å²) in [5, 5.41) is 4.69. The molecule has 0 atom stereocenters. The molecule has 3 rings (SSSR count). The maximum Gasteiger partial charge on any atom is 0.308 e. The second kappa shape index (κ2) is 9.44. The Labute approximate surface area is 161 Å². The van der Waals surface area contributed by atoms with E-state index in [4.69, 9.17) is 9.73 Å². The monoisotopic (exact) mass is 370 g/mol. The summed E-state index contributed by atoms with van der Waals surface area (Å²) >= 11 is 0. The summed E-state index contributed by atoms with van der Waals surface area (Å²) < 4.78 is 4.87. The fraction of sp³-hybridized carbons (Fsp3) is 0.524. The summed E-state index contributed by atoms with van der Waals surface area (Å²) in [6, 6.07) is 8.41. The van der Waals surface area contributed by atoms with Crippen molar-refractivity contribution in [3.8, 4) is 0 Å². The van der Waals surface area contributed by atoms with Gasteiger partial charge in [-0.15, -0.1) is 0 Å². The first-order valence-electron chi connectivity index (χ1n) is 9.89. The standard InChI is InChI=1S/C21H30N4O2/c1-3-22-21(25-13-10-16(11-14-25)20(26)27-2)23-12-6-7-17-15-24-19-9-5-4-8-18(17)19/h4-5,8-9,15-16,24H,3,6-7,10-14H2,1-2H3,(H,22,23). The Kier molecular flexibility index (Phi) is 6.74. The molecule has 0 radical (unpaired) electrons. The van der Waals surface area contributed by atoms with Gasteiger partial charge in [-0.1, -0.05) is 18.2 Å². The highest BCUT2D eigenvalue weighted by molar-refractivity contribution is 5.83. The second-order valence-corrected chi connectivity index (χ2v) is 6.98. The number of nitrogens with one attached hydrogen (secondary N) is 2. The van der Waals surface area contributed by atoms with E-state index in [1.165, 1.54) is 23.6 Å². The van der Waals surface area contributed by atoms with Crippen molar-refractivity contribution in [1.29, 1.82) is 0 Å². The molecule has 0 amide bonds. The number of benzene rings is 1. The highest BCUT2D eigenvalue weighted by Crippen LogP contribution is 2.20. The van der Waals surface area contributed by atoms with E-state index in [1.54, 1.807) is 0 Å². The van der Waals surface area contributed by atoms with E-state index in [2.05, 4.69) is 52.6 Å². The van der Waals surface area contributed by atoms with Gasteiger partial charge in [0.15, 0.2) is 5.96 Å². The van der Waals surface area contributed by atoms with Crippen LogP contribution in [0.25, 0.3) is 10.9 Å². The van der Waals surface area contributed by atoms with Crippen LogP contribution in [-0.4, -0.2) is 55.1 Å². The minimum Gasteiger partial charge on any atom is -0.469 e. The Balaban J connectivity index is 1.52. The lowest BCUT2D eigenvalue weighted by Gasteiger charge is -2.33. The normalized spacial score (nSPS) is 15.9. The fourth-order valence-electron chi connectivity index (χ4n) is 3.71. The molecule has 1 aromatic heterocycles. The number of aliphatic imine (C=N–C) groups is 1. The quantitative estimate of drug-likeness (QED) is 0.355. The Hall–Kier alpha value is -2.50. The van der Waals surface area contributed by atoms with Gasteiger partial charge in [-0.3, -0.25) is 9.79 Å². The van der Waals surface area contributed by atoms with Crippen LogP contribution in [0.1, 0.15) is 31.7 Å². The Morgan fingerprint density at radius 2 is 2.11 bits per heavy atom. The van der Waals surface area contributed by atoms with Crippen LogP contribution in [0, 0.1) is 5.92 Å². The lowest BCUT2D eigenvalue weighted by Crippen LogP contribution is -2.46. The van der Waals surface area contributed by atoms with Crippen LogP contribution in [0.3, 0.4) is 0 Å². The van der Waals surface area contributed by atoms with Gasteiger partial charge in [-0.05, 0) is 44.2 Å². The molecular weight excluding hydrogens is 340 g/mol. The Bertz CT molecular complexity index is 775. The lowest BCUT2D eigenvalue weighted by molar-refractivity contribution is -0.146. The van der Waals surface area contributed by atoms with Gasteiger partial charge in [0.2, 0.25) is 0 Å². The number of likely N-dealkylation sites (tertiary alicyclic amines) is 1. The number of carbonyl (C=O) groups excluding carboxylic acids is 1. The van der Waals surface area contributed by atoms with Gasteiger partial charge in [-0.2, -0.15) is 0 Å². The average Bonchev–Trinajstić information content (AvgIpc) is 3.13. The van der Waals surface area contributed by atoms with Crippen molar-refractivity contribution in [3.05, 3.63) is 36.0 Å². The molecule has 0 saturated carbocycles. The van der Waals surface area contributed by atoms with E-state index < -0.39 is 0 Å². The van der Waals surface area contributed by atoms with Crippen LogP contribution >= 0.6 is 0 Å². The lowest BCUT2D eigenvalue weighted by atomic mass is 9.97. The first kappa shape index (κ1) is 19.3. The molecule has 2 heterocycles. The van der Waals surface area contributed by atoms with Crippen LogP contribution < -0.4 is 5.32 Å². The average molecular weight is 370 g/mol. The van der Waals surface area contributed by atoms with E-state index in [9.17, 15) is 4.79 Å². The van der Waals surface area contributed by atoms with Crippen molar-refractivity contribution >= 4 is 22.8 Å². The molecule has 2 aromatic rings. The van der Waals surface area contributed by atoms with Crippen LogP contribution in [0.15, 0.2) is 35.5 Å². The SMILES string of the molecule is CCNC(=NCCCc1c[nH]c2ccccc12)N1CCC(C(=O)OC)CC1. The van der Waals surface area contributed by atoms with Crippen LogP contribution in [0.5, 0.6) is 0 Å². The Morgan fingerprint density at radius 3 is 2.85 bits per heavy atom. The zero-order valence-corrected chi connectivity index (χ0v) is 16.3. The van der Waals surface area contributed by atoms with Crippen molar-refractivity contribution in [3.63, 3.8) is 0 Å². The van der Waals surface area contributed by atoms with Gasteiger partial charge < -0.3 is 19.9 Å². The van der Waals surface area contributed by atoms with E-state index in [-0.39, 0.29) is 11.9 Å². The van der Waals surface area contributed by atoms with Crippen molar-refractivity contribution in [1.82, 2.24) is 15.2 Å². The maximum atomic E-state index is 11.7. The molecule has 1 aliphatic heterocycles. The number of carbonyl (C=O) groups is 1. The topological polar surface area (TPSA) is 69.7 Å². The molecule has 1 saturated heterocycles. The van der Waals surface area contributed by atoms with E-state index in [0.717, 1.165) is 57.8 Å². The van der Waals surface area contributed by atoms with Crippen molar-refractivity contribution < 1.29 is 9.53 Å². The highest BCUT2D eigenvalue weighted by Gasteiger charge is 2.26. The zero-order valence-electron chi connectivity index (χ0n) is 16.3. The number of rotatable bonds is 6. The number of H-pyrrole nitrogens is 1. The maximum absolute atomic E-state index is 11.7. The molecule has 0 unspecified atom stereocenters. The van der Waals surface area contributed by atoms with Crippen LogP contribution in [-0.2, 0) is 16.0 Å². The summed E-state index contributed by atoms with van der Waals surface area (Å²) in [7, 11) is 1.47. The molecule has 0 bridgehead atoms. The predicted octanol–water partition coefficient (Wildman–Crippen LogP) is 2.95. The third-order valence-electron chi connectivity index (χ3n) is 5.20. The van der Waals surface area contributed by atoms with Crippen molar-refractivity contribution in [2.45, 2.75) is 32.6 Å². The van der Waals surface area contributed by atoms with Gasteiger partial charge in [0.25, 0.3) is 0 Å². The predicted molar refractivity (Wildman–Crippen MR) is 109 cm³/mol. The molecule has 6 nitrogen and oxygen atoms in total. The van der Waals surface area contributed by atoms with Gasteiger partial charge in [0.1, 0.15) is 0 Å². The van der Waals surface area contributed by atoms with Crippen molar-refractivity contribution in [2.75, 3.05) is 33.3 Å². The summed E-state index contributed by atoms with van der Waals surface area (Å²) in [5.41, 5.74) is 2.54. The van der Waals surface area contributed by atoms with Crippen LogP contribution in [0.4, 0.5) is 0 Å². The summed E-state index contributed by atoms with van der Waals surface area (Å²) in [5.74, 6) is 0.894. The highest BCUT2D eigenvalue weighted by atomic mass is 16.5. The number of hydrogen-bond donors (Lipinski definition) is 2. The zero-order chi connectivity index (χ0) is 19.1.